The molecule has 0 spiro atoms. The van der Waals surface area contributed by atoms with Crippen molar-refractivity contribution in [1.82, 2.24) is 14.9 Å². The summed E-state index contributed by atoms with van der Waals surface area (Å²) < 4.78 is 15.9. The lowest BCUT2D eigenvalue weighted by molar-refractivity contribution is 0.368. The fourth-order valence-corrected chi connectivity index (χ4v) is 3.61. The highest BCUT2D eigenvalue weighted by atomic mass is 19.1. The number of rotatable bonds is 4. The number of imidazole rings is 1. The Balaban J connectivity index is 1.70. The second-order valence-corrected chi connectivity index (χ2v) is 6.52. The number of aromatic nitrogens is 2. The Hall–Kier alpha value is -2.20. The Bertz CT molecular complexity index is 834. The van der Waals surface area contributed by atoms with E-state index >= 15 is 0 Å². The predicted octanol–water partition coefficient (Wildman–Crippen LogP) is 4.37. The molecule has 1 atom stereocenters. The van der Waals surface area contributed by atoms with E-state index in [2.05, 4.69) is 16.0 Å². The number of para-hydroxylation sites is 2. The quantitative estimate of drug-likeness (QED) is 0.772. The third-order valence-corrected chi connectivity index (χ3v) is 4.85. The highest BCUT2D eigenvalue weighted by Crippen LogP contribution is 2.26. The maximum atomic E-state index is 13.7. The summed E-state index contributed by atoms with van der Waals surface area (Å²) in [6, 6.07) is 15.4. The van der Waals surface area contributed by atoms with Gasteiger partial charge in [-0.1, -0.05) is 30.7 Å². The molecule has 1 saturated heterocycles. The van der Waals surface area contributed by atoms with Crippen molar-refractivity contribution < 1.29 is 4.39 Å². The van der Waals surface area contributed by atoms with Crippen LogP contribution < -0.4 is 5.32 Å². The molecule has 24 heavy (non-hydrogen) atoms. The molecule has 0 radical (unpaired) electrons. The number of nitrogens with zero attached hydrogens (tertiary/aromatic N) is 2. The second kappa shape index (κ2) is 6.73. The van der Waals surface area contributed by atoms with Crippen LogP contribution in [0.3, 0.4) is 0 Å². The van der Waals surface area contributed by atoms with Crippen LogP contribution in [0.5, 0.6) is 0 Å². The molecule has 1 fully saturated rings. The summed E-state index contributed by atoms with van der Waals surface area (Å²) in [5, 5.41) is 3.60. The van der Waals surface area contributed by atoms with E-state index < -0.39 is 0 Å². The number of benzene rings is 2. The van der Waals surface area contributed by atoms with Crippen LogP contribution in [0.4, 0.5) is 4.39 Å². The van der Waals surface area contributed by atoms with Crippen LogP contribution in [0.2, 0.25) is 0 Å². The Morgan fingerprint density at radius 2 is 2.04 bits per heavy atom. The fourth-order valence-electron chi connectivity index (χ4n) is 3.61. The van der Waals surface area contributed by atoms with Gasteiger partial charge in [-0.05, 0) is 50.1 Å². The van der Waals surface area contributed by atoms with E-state index in [0.717, 1.165) is 41.9 Å². The van der Waals surface area contributed by atoms with E-state index in [0.29, 0.717) is 6.04 Å². The van der Waals surface area contributed by atoms with Crippen molar-refractivity contribution in [3.8, 4) is 11.4 Å². The molecule has 124 valence electrons. The Kier molecular flexibility index (Phi) is 4.30. The number of aryl methyl sites for hydroxylation is 1. The van der Waals surface area contributed by atoms with Crippen LogP contribution in [0.15, 0.2) is 48.5 Å². The molecular weight excluding hydrogens is 301 g/mol. The van der Waals surface area contributed by atoms with Gasteiger partial charge >= 0.3 is 0 Å². The molecule has 0 amide bonds. The van der Waals surface area contributed by atoms with Gasteiger partial charge in [0.25, 0.3) is 0 Å². The highest BCUT2D eigenvalue weighted by Gasteiger charge is 2.16. The number of piperidine rings is 1. The summed E-state index contributed by atoms with van der Waals surface area (Å²) in [6.07, 6.45) is 4.89. The van der Waals surface area contributed by atoms with Crippen molar-refractivity contribution in [1.29, 1.82) is 0 Å². The normalized spacial score (nSPS) is 18.1. The van der Waals surface area contributed by atoms with E-state index in [1.807, 2.05) is 24.3 Å². The minimum atomic E-state index is -0.222. The van der Waals surface area contributed by atoms with E-state index in [1.165, 1.54) is 25.3 Å². The molecule has 1 unspecified atom stereocenters. The molecule has 0 aliphatic carbocycles. The largest absolute Gasteiger partial charge is 0.324 e. The first kappa shape index (κ1) is 15.3. The number of hydrogen-bond donors (Lipinski definition) is 1. The average Bonchev–Trinajstić information content (AvgIpc) is 2.99. The molecular formula is C20H22FN3. The lowest BCUT2D eigenvalue weighted by atomic mass is 10.0. The minimum Gasteiger partial charge on any atom is -0.324 e. The standard InChI is InChI=1S/C20H22FN3/c21-16-7-5-6-15(14-16)20-23-18-9-1-2-10-19(18)24(20)13-11-17-8-3-4-12-22-17/h1-2,5-7,9-10,14,17,22H,3-4,8,11-13H2. The van der Waals surface area contributed by atoms with Gasteiger partial charge < -0.3 is 9.88 Å². The number of hydrogen-bond acceptors (Lipinski definition) is 2. The lowest BCUT2D eigenvalue weighted by Gasteiger charge is -2.24. The van der Waals surface area contributed by atoms with Crippen LogP contribution in [0.25, 0.3) is 22.4 Å². The molecule has 2 heterocycles. The van der Waals surface area contributed by atoms with Gasteiger partial charge in [0.05, 0.1) is 11.0 Å². The molecule has 1 aliphatic rings. The fraction of sp³-hybridized carbons (Fsp3) is 0.350. The molecule has 1 aliphatic heterocycles. The monoisotopic (exact) mass is 323 g/mol. The molecule has 3 aromatic rings. The Morgan fingerprint density at radius 3 is 2.88 bits per heavy atom. The predicted molar refractivity (Wildman–Crippen MR) is 95.4 cm³/mol. The zero-order chi connectivity index (χ0) is 16.4. The van der Waals surface area contributed by atoms with E-state index in [1.54, 1.807) is 12.1 Å². The summed E-state index contributed by atoms with van der Waals surface area (Å²) >= 11 is 0. The van der Waals surface area contributed by atoms with Gasteiger partial charge in [-0.2, -0.15) is 0 Å². The summed E-state index contributed by atoms with van der Waals surface area (Å²) in [5.74, 6) is 0.631. The highest BCUT2D eigenvalue weighted by molar-refractivity contribution is 5.80. The first-order valence-corrected chi connectivity index (χ1v) is 8.76. The third kappa shape index (κ3) is 3.06. The Labute approximate surface area is 141 Å². The number of halogens is 1. The molecule has 2 aromatic carbocycles. The van der Waals surface area contributed by atoms with Crippen molar-refractivity contribution >= 4 is 11.0 Å². The third-order valence-electron chi connectivity index (χ3n) is 4.85. The molecule has 4 heteroatoms. The topological polar surface area (TPSA) is 29.9 Å². The van der Waals surface area contributed by atoms with Crippen molar-refractivity contribution in [2.24, 2.45) is 0 Å². The molecule has 1 N–H and O–H groups in total. The van der Waals surface area contributed by atoms with Gasteiger partial charge in [0.2, 0.25) is 0 Å². The van der Waals surface area contributed by atoms with Gasteiger partial charge in [-0.3, -0.25) is 0 Å². The first-order chi connectivity index (χ1) is 11.8. The van der Waals surface area contributed by atoms with Crippen LogP contribution in [-0.2, 0) is 6.54 Å². The van der Waals surface area contributed by atoms with Crippen LogP contribution >= 0.6 is 0 Å². The average molecular weight is 323 g/mol. The zero-order valence-corrected chi connectivity index (χ0v) is 13.7. The molecule has 4 rings (SSSR count). The van der Waals surface area contributed by atoms with E-state index in [-0.39, 0.29) is 5.82 Å². The smallest absolute Gasteiger partial charge is 0.141 e. The zero-order valence-electron chi connectivity index (χ0n) is 13.7. The minimum absolute atomic E-state index is 0.222. The Morgan fingerprint density at radius 1 is 1.12 bits per heavy atom. The van der Waals surface area contributed by atoms with Gasteiger partial charge in [-0.15, -0.1) is 0 Å². The molecule has 1 aromatic heterocycles. The van der Waals surface area contributed by atoms with E-state index in [4.69, 9.17) is 4.98 Å². The van der Waals surface area contributed by atoms with Crippen LogP contribution in [0.1, 0.15) is 25.7 Å². The van der Waals surface area contributed by atoms with Gasteiger partial charge in [0.1, 0.15) is 11.6 Å². The number of fused-ring (bicyclic) bond motifs is 1. The van der Waals surface area contributed by atoms with E-state index in [9.17, 15) is 4.39 Å². The second-order valence-electron chi connectivity index (χ2n) is 6.52. The summed E-state index contributed by atoms with van der Waals surface area (Å²) in [4.78, 5) is 4.76. The molecule has 0 bridgehead atoms. The number of nitrogens with one attached hydrogen (secondary N) is 1. The summed E-state index contributed by atoms with van der Waals surface area (Å²) in [7, 11) is 0. The maximum absolute atomic E-state index is 13.7. The van der Waals surface area contributed by atoms with Crippen LogP contribution in [0, 0.1) is 5.82 Å². The van der Waals surface area contributed by atoms with Gasteiger partial charge in [0, 0.05) is 18.2 Å². The SMILES string of the molecule is Fc1cccc(-c2nc3ccccc3n2CCC2CCCCN2)c1. The first-order valence-electron chi connectivity index (χ1n) is 8.76. The molecule has 3 nitrogen and oxygen atoms in total. The van der Waals surface area contributed by atoms with Crippen molar-refractivity contribution in [2.75, 3.05) is 6.54 Å². The summed E-state index contributed by atoms with van der Waals surface area (Å²) in [5.41, 5.74) is 2.92. The maximum Gasteiger partial charge on any atom is 0.141 e. The molecule has 0 saturated carbocycles. The van der Waals surface area contributed by atoms with Crippen molar-refractivity contribution in [2.45, 2.75) is 38.3 Å². The van der Waals surface area contributed by atoms with Crippen LogP contribution in [-0.4, -0.2) is 22.1 Å². The van der Waals surface area contributed by atoms with Gasteiger partial charge in [-0.25, -0.2) is 9.37 Å². The van der Waals surface area contributed by atoms with Crippen molar-refractivity contribution in [3.63, 3.8) is 0 Å². The van der Waals surface area contributed by atoms with Crippen molar-refractivity contribution in [3.05, 3.63) is 54.3 Å². The lowest BCUT2D eigenvalue weighted by Crippen LogP contribution is -2.34. The van der Waals surface area contributed by atoms with Gasteiger partial charge in [0.15, 0.2) is 0 Å². The summed E-state index contributed by atoms with van der Waals surface area (Å²) in [6.45, 7) is 2.01.